The van der Waals surface area contributed by atoms with E-state index in [0.717, 1.165) is 23.8 Å². The van der Waals surface area contributed by atoms with E-state index in [4.69, 9.17) is 9.47 Å². The van der Waals surface area contributed by atoms with Gasteiger partial charge in [-0.3, -0.25) is 19.1 Å². The van der Waals surface area contributed by atoms with Gasteiger partial charge in [0.2, 0.25) is 0 Å². The van der Waals surface area contributed by atoms with E-state index in [0.29, 0.717) is 0 Å². The first-order chi connectivity index (χ1) is 10.3. The largest absolute Gasteiger partial charge is 0.456 e. The number of nitrogens with one attached hydrogen (secondary N) is 1. The molecule has 9 heteroatoms. The molecule has 1 aliphatic rings. The Morgan fingerprint density at radius 2 is 2.27 bits per heavy atom. The number of alkyl halides is 1. The topological polar surface area (TPSA) is 111 Å². The molecule has 0 saturated carbocycles. The number of H-pyrrole nitrogens is 1. The Morgan fingerprint density at radius 3 is 2.82 bits per heavy atom. The van der Waals surface area contributed by atoms with Crippen LogP contribution in [-0.4, -0.2) is 45.1 Å². The Hall–Kier alpha value is -2.00. The van der Waals surface area contributed by atoms with E-state index >= 15 is 4.39 Å². The summed E-state index contributed by atoms with van der Waals surface area (Å²) < 4.78 is 26.3. The summed E-state index contributed by atoms with van der Waals surface area (Å²) >= 11 is 0. The highest BCUT2D eigenvalue weighted by Gasteiger charge is 2.57. The zero-order valence-corrected chi connectivity index (χ0v) is 12.1. The second kappa shape index (κ2) is 6.01. The van der Waals surface area contributed by atoms with Crippen molar-refractivity contribution in [2.45, 2.75) is 44.4 Å². The number of ether oxygens (including phenoxy) is 2. The minimum atomic E-state index is -2.26. The number of rotatable bonds is 4. The van der Waals surface area contributed by atoms with Crippen LogP contribution < -0.4 is 11.2 Å². The number of carbonyl (C=O) groups is 1. The Bertz CT molecular complexity index is 667. The highest BCUT2D eigenvalue weighted by Crippen LogP contribution is 2.42. The maximum atomic E-state index is 15.1. The van der Waals surface area contributed by atoms with Gasteiger partial charge in [-0.05, 0) is 6.92 Å². The number of hydrogen-bond donors (Lipinski definition) is 2. The summed E-state index contributed by atoms with van der Waals surface area (Å²) in [5.41, 5.74) is -3.76. The first-order valence-corrected chi connectivity index (χ1v) is 6.77. The molecule has 1 aromatic heterocycles. The van der Waals surface area contributed by atoms with Crippen molar-refractivity contribution in [3.8, 4) is 0 Å². The van der Waals surface area contributed by atoms with Crippen LogP contribution >= 0.6 is 0 Å². The maximum absolute atomic E-state index is 15.1. The maximum Gasteiger partial charge on any atom is 0.330 e. The van der Waals surface area contributed by atoms with Crippen molar-refractivity contribution in [2.75, 3.05) is 6.61 Å². The molecule has 0 unspecified atom stereocenters. The zero-order chi connectivity index (χ0) is 16.5. The molecule has 2 rings (SSSR count). The number of hydrogen-bond acceptors (Lipinski definition) is 6. The number of halogens is 1. The van der Waals surface area contributed by atoms with Crippen LogP contribution in [0.25, 0.3) is 0 Å². The Labute approximate surface area is 124 Å². The van der Waals surface area contributed by atoms with E-state index in [1.54, 1.807) is 6.92 Å². The average molecular weight is 316 g/mol. The van der Waals surface area contributed by atoms with Crippen LogP contribution in [0.2, 0.25) is 0 Å². The summed E-state index contributed by atoms with van der Waals surface area (Å²) in [5, 5.41) is 9.30. The fraction of sp³-hybridized carbons (Fsp3) is 0.615. The molecule has 0 aromatic carbocycles. The Balaban J connectivity index is 2.39. The van der Waals surface area contributed by atoms with E-state index in [9.17, 15) is 19.5 Å². The summed E-state index contributed by atoms with van der Waals surface area (Å²) in [5.74, 6) is -0.648. The van der Waals surface area contributed by atoms with Crippen molar-refractivity contribution in [3.63, 3.8) is 0 Å². The van der Waals surface area contributed by atoms with Gasteiger partial charge in [-0.2, -0.15) is 0 Å². The Kier molecular flexibility index (Phi) is 4.47. The van der Waals surface area contributed by atoms with Crippen LogP contribution in [0.5, 0.6) is 0 Å². The van der Waals surface area contributed by atoms with Gasteiger partial charge < -0.3 is 14.6 Å². The van der Waals surface area contributed by atoms with Crippen molar-refractivity contribution >= 4 is 5.97 Å². The average Bonchev–Trinajstić information content (AvgIpc) is 2.70. The second-order valence-electron chi connectivity index (χ2n) is 5.14. The van der Waals surface area contributed by atoms with Crippen molar-refractivity contribution in [3.05, 3.63) is 33.1 Å². The molecule has 0 radical (unpaired) electrons. The number of carbonyl (C=O) groups excluding carboxylic acids is 1. The SMILES string of the molecule is CCC(=O)O[C@@H]1[C@@H](CO)O[C@@H](n2ccc(=O)[nH]c2=O)[C@]1(C)F. The first-order valence-electron chi connectivity index (χ1n) is 6.77. The van der Waals surface area contributed by atoms with Crippen LogP contribution in [0.4, 0.5) is 4.39 Å². The molecule has 1 saturated heterocycles. The van der Waals surface area contributed by atoms with Gasteiger partial charge in [0.05, 0.1) is 6.61 Å². The minimum absolute atomic E-state index is 0.0357. The van der Waals surface area contributed by atoms with Gasteiger partial charge in [0.25, 0.3) is 5.56 Å². The first kappa shape index (κ1) is 16.4. The van der Waals surface area contributed by atoms with Crippen LogP contribution in [0.15, 0.2) is 21.9 Å². The standard InChI is InChI=1S/C13H17FN2O6/c1-3-9(19)22-10-7(6-17)21-11(13(10,2)14)16-5-4-8(18)15-12(16)20/h4-5,7,10-11,17H,3,6H2,1-2H3,(H,15,18,20)/t7-,10-,11-,13-/m1/s1. The summed E-state index contributed by atoms with van der Waals surface area (Å²) in [4.78, 5) is 36.3. The van der Waals surface area contributed by atoms with Crippen molar-refractivity contribution in [2.24, 2.45) is 0 Å². The molecule has 22 heavy (non-hydrogen) atoms. The zero-order valence-electron chi connectivity index (χ0n) is 12.1. The third kappa shape index (κ3) is 2.81. The van der Waals surface area contributed by atoms with E-state index < -0.39 is 47.9 Å². The third-order valence-electron chi connectivity index (χ3n) is 3.51. The number of aliphatic hydroxyl groups is 1. The highest BCUT2D eigenvalue weighted by atomic mass is 19.1. The van der Waals surface area contributed by atoms with Gasteiger partial charge in [0.1, 0.15) is 6.10 Å². The Morgan fingerprint density at radius 1 is 1.59 bits per heavy atom. The van der Waals surface area contributed by atoms with Crippen LogP contribution in [0.1, 0.15) is 26.5 Å². The lowest BCUT2D eigenvalue weighted by Crippen LogP contribution is -2.45. The summed E-state index contributed by atoms with van der Waals surface area (Å²) in [6.07, 6.45) is -2.80. The third-order valence-corrected chi connectivity index (χ3v) is 3.51. The van der Waals surface area contributed by atoms with E-state index in [-0.39, 0.29) is 6.42 Å². The molecular weight excluding hydrogens is 299 g/mol. The van der Waals surface area contributed by atoms with Crippen LogP contribution in [0.3, 0.4) is 0 Å². The lowest BCUT2D eigenvalue weighted by atomic mass is 9.98. The molecule has 1 fully saturated rings. The van der Waals surface area contributed by atoms with Gasteiger partial charge in [-0.1, -0.05) is 6.92 Å². The van der Waals surface area contributed by atoms with E-state index in [1.165, 1.54) is 0 Å². The molecule has 0 bridgehead atoms. The number of nitrogens with zero attached hydrogens (tertiary/aromatic N) is 1. The normalized spacial score (nSPS) is 31.2. The van der Waals surface area contributed by atoms with Gasteiger partial charge in [0, 0.05) is 18.7 Å². The summed E-state index contributed by atoms with van der Waals surface area (Å²) in [6.45, 7) is 2.07. The molecule has 0 spiro atoms. The van der Waals surface area contributed by atoms with E-state index in [2.05, 4.69) is 0 Å². The fourth-order valence-electron chi connectivity index (χ4n) is 2.38. The number of aromatic nitrogens is 2. The summed E-state index contributed by atoms with van der Waals surface area (Å²) in [6, 6.07) is 1.04. The molecule has 2 N–H and O–H groups in total. The van der Waals surface area contributed by atoms with E-state index in [1.807, 2.05) is 4.98 Å². The lowest BCUT2D eigenvalue weighted by Gasteiger charge is -2.27. The van der Waals surface area contributed by atoms with Gasteiger partial charge in [-0.25, -0.2) is 9.18 Å². The molecule has 4 atom stereocenters. The minimum Gasteiger partial charge on any atom is -0.456 e. The van der Waals surface area contributed by atoms with Crippen molar-refractivity contribution < 1.29 is 23.8 Å². The molecule has 2 heterocycles. The van der Waals surface area contributed by atoms with Crippen LogP contribution in [0, 0.1) is 0 Å². The molecule has 0 aliphatic carbocycles. The van der Waals surface area contributed by atoms with Crippen molar-refractivity contribution in [1.29, 1.82) is 0 Å². The highest BCUT2D eigenvalue weighted by molar-refractivity contribution is 5.69. The molecule has 122 valence electrons. The predicted octanol–water partition coefficient (Wildman–Crippen LogP) is -0.524. The summed E-state index contributed by atoms with van der Waals surface area (Å²) in [7, 11) is 0. The fourth-order valence-corrected chi connectivity index (χ4v) is 2.38. The van der Waals surface area contributed by atoms with Gasteiger partial charge in [-0.15, -0.1) is 0 Å². The van der Waals surface area contributed by atoms with Crippen molar-refractivity contribution in [1.82, 2.24) is 9.55 Å². The molecular formula is C13H17FN2O6. The number of aliphatic hydroxyl groups excluding tert-OH is 1. The molecule has 8 nitrogen and oxygen atoms in total. The predicted molar refractivity (Wildman–Crippen MR) is 72.0 cm³/mol. The quantitative estimate of drug-likeness (QED) is 0.723. The molecule has 0 amide bonds. The van der Waals surface area contributed by atoms with Gasteiger partial charge >= 0.3 is 11.7 Å². The number of aromatic amines is 1. The smallest absolute Gasteiger partial charge is 0.330 e. The molecule has 1 aromatic rings. The van der Waals surface area contributed by atoms with Gasteiger partial charge in [0.15, 0.2) is 18.0 Å². The number of esters is 1. The van der Waals surface area contributed by atoms with Crippen LogP contribution in [-0.2, 0) is 14.3 Å². The monoisotopic (exact) mass is 316 g/mol. The molecule has 1 aliphatic heterocycles. The lowest BCUT2D eigenvalue weighted by molar-refractivity contribution is -0.158. The second-order valence-corrected chi connectivity index (χ2v) is 5.14.